The van der Waals surface area contributed by atoms with Crippen LogP contribution >= 0.6 is 0 Å². The van der Waals surface area contributed by atoms with E-state index in [1.807, 2.05) is 6.07 Å². The molecule has 1 aromatic heterocycles. The Labute approximate surface area is 138 Å². The van der Waals surface area contributed by atoms with Gasteiger partial charge in [0.1, 0.15) is 0 Å². The van der Waals surface area contributed by atoms with Crippen LogP contribution < -0.4 is 10.2 Å². The summed E-state index contributed by atoms with van der Waals surface area (Å²) in [6.07, 6.45) is 4.07. The molecule has 1 aromatic carbocycles. The third-order valence-corrected chi connectivity index (χ3v) is 4.46. The molecule has 5 nitrogen and oxygen atoms in total. The van der Waals surface area contributed by atoms with Gasteiger partial charge in [-0.1, -0.05) is 39.0 Å². The van der Waals surface area contributed by atoms with E-state index in [0.29, 0.717) is 5.92 Å². The van der Waals surface area contributed by atoms with Gasteiger partial charge in [0.2, 0.25) is 5.95 Å². The van der Waals surface area contributed by atoms with Crippen LogP contribution in [0.5, 0.6) is 0 Å². The van der Waals surface area contributed by atoms with Crippen molar-refractivity contribution in [3.05, 3.63) is 36.0 Å². The molecule has 1 fully saturated rings. The second kappa shape index (κ2) is 6.94. The molecule has 0 amide bonds. The topological polar surface area (TPSA) is 53.9 Å². The SMILES string of the molecule is CC1CCN(c2nncc(Nc3ccccc3C(C)C)n2)CC1. The largest absolute Gasteiger partial charge is 0.339 e. The molecular weight excluding hydrogens is 286 g/mol. The Morgan fingerprint density at radius 2 is 1.91 bits per heavy atom. The second-order valence-electron chi connectivity index (χ2n) is 6.68. The standard InChI is InChI=1S/C18H25N5/c1-13(2)15-6-4-5-7-16(15)20-17-12-19-22-18(21-17)23-10-8-14(3)9-11-23/h4-7,12-14H,8-11H2,1-3H3,(H,20,21,22). The first-order valence-corrected chi connectivity index (χ1v) is 8.44. The van der Waals surface area contributed by atoms with Gasteiger partial charge >= 0.3 is 0 Å². The van der Waals surface area contributed by atoms with Crippen molar-refractivity contribution in [2.24, 2.45) is 5.92 Å². The Morgan fingerprint density at radius 3 is 2.65 bits per heavy atom. The smallest absolute Gasteiger partial charge is 0.247 e. The van der Waals surface area contributed by atoms with Gasteiger partial charge in [0.25, 0.3) is 0 Å². The zero-order chi connectivity index (χ0) is 16.2. The lowest BCUT2D eigenvalue weighted by molar-refractivity contribution is 0.433. The van der Waals surface area contributed by atoms with Gasteiger partial charge in [0.15, 0.2) is 5.82 Å². The Hall–Kier alpha value is -2.17. The maximum Gasteiger partial charge on any atom is 0.247 e. The Kier molecular flexibility index (Phi) is 4.74. The number of nitrogens with zero attached hydrogens (tertiary/aromatic N) is 4. The lowest BCUT2D eigenvalue weighted by Gasteiger charge is -2.29. The van der Waals surface area contributed by atoms with E-state index in [2.05, 4.69) is 64.4 Å². The molecule has 2 aromatic rings. The van der Waals surface area contributed by atoms with Crippen molar-refractivity contribution < 1.29 is 0 Å². The number of para-hydroxylation sites is 1. The van der Waals surface area contributed by atoms with E-state index in [9.17, 15) is 0 Å². The van der Waals surface area contributed by atoms with E-state index in [-0.39, 0.29) is 0 Å². The van der Waals surface area contributed by atoms with Crippen LogP contribution in [0, 0.1) is 5.92 Å². The zero-order valence-corrected chi connectivity index (χ0v) is 14.2. The normalized spacial score (nSPS) is 15.9. The van der Waals surface area contributed by atoms with Gasteiger partial charge < -0.3 is 10.2 Å². The number of piperidine rings is 1. The highest BCUT2D eigenvalue weighted by Crippen LogP contribution is 2.26. The Balaban J connectivity index is 1.78. The molecule has 122 valence electrons. The number of hydrogen-bond acceptors (Lipinski definition) is 5. The summed E-state index contributed by atoms with van der Waals surface area (Å²) >= 11 is 0. The van der Waals surface area contributed by atoms with Crippen molar-refractivity contribution in [1.29, 1.82) is 0 Å². The monoisotopic (exact) mass is 311 g/mol. The van der Waals surface area contributed by atoms with Crippen molar-refractivity contribution >= 4 is 17.5 Å². The molecule has 0 atom stereocenters. The van der Waals surface area contributed by atoms with Gasteiger partial charge in [-0.3, -0.25) is 0 Å². The van der Waals surface area contributed by atoms with Crippen molar-refractivity contribution in [1.82, 2.24) is 15.2 Å². The first kappa shape index (κ1) is 15.7. The van der Waals surface area contributed by atoms with Crippen LogP contribution in [-0.4, -0.2) is 28.3 Å². The summed E-state index contributed by atoms with van der Waals surface area (Å²) < 4.78 is 0. The van der Waals surface area contributed by atoms with E-state index in [1.165, 1.54) is 18.4 Å². The number of nitrogens with one attached hydrogen (secondary N) is 1. The molecule has 0 unspecified atom stereocenters. The van der Waals surface area contributed by atoms with Crippen LogP contribution in [0.4, 0.5) is 17.5 Å². The summed E-state index contributed by atoms with van der Waals surface area (Å²) in [5.41, 5.74) is 2.36. The number of rotatable bonds is 4. The van der Waals surface area contributed by atoms with E-state index in [4.69, 9.17) is 0 Å². The summed E-state index contributed by atoms with van der Waals surface area (Å²) in [5.74, 6) is 2.72. The minimum absolute atomic E-state index is 0.455. The predicted octanol–water partition coefficient (Wildman–Crippen LogP) is 3.97. The second-order valence-corrected chi connectivity index (χ2v) is 6.68. The molecule has 1 aliphatic rings. The molecule has 0 radical (unpaired) electrons. The molecule has 1 N–H and O–H groups in total. The molecule has 3 rings (SSSR count). The first-order chi connectivity index (χ1) is 11.1. The molecule has 23 heavy (non-hydrogen) atoms. The fourth-order valence-electron chi connectivity index (χ4n) is 2.95. The third kappa shape index (κ3) is 3.78. The van der Waals surface area contributed by atoms with Crippen molar-refractivity contribution in [3.63, 3.8) is 0 Å². The third-order valence-electron chi connectivity index (χ3n) is 4.46. The van der Waals surface area contributed by atoms with Gasteiger partial charge in [-0.25, -0.2) is 0 Å². The molecule has 1 saturated heterocycles. The van der Waals surface area contributed by atoms with E-state index >= 15 is 0 Å². The highest BCUT2D eigenvalue weighted by atomic mass is 15.3. The summed E-state index contributed by atoms with van der Waals surface area (Å²) in [6.45, 7) is 8.71. The van der Waals surface area contributed by atoms with E-state index < -0.39 is 0 Å². The van der Waals surface area contributed by atoms with Gasteiger partial charge in [-0.05, 0) is 36.3 Å². The number of aromatic nitrogens is 3. The number of benzene rings is 1. The highest BCUT2D eigenvalue weighted by Gasteiger charge is 2.18. The van der Waals surface area contributed by atoms with Gasteiger partial charge in [-0.2, -0.15) is 10.1 Å². The van der Waals surface area contributed by atoms with Crippen LogP contribution in [-0.2, 0) is 0 Å². The lowest BCUT2D eigenvalue weighted by Crippen LogP contribution is -2.34. The van der Waals surface area contributed by atoms with Gasteiger partial charge in [-0.15, -0.1) is 5.10 Å². The molecule has 0 saturated carbocycles. The van der Waals surface area contributed by atoms with Gasteiger partial charge in [0, 0.05) is 18.8 Å². The summed E-state index contributed by atoms with van der Waals surface area (Å²) in [4.78, 5) is 6.89. The zero-order valence-electron chi connectivity index (χ0n) is 14.2. The Morgan fingerprint density at radius 1 is 1.17 bits per heavy atom. The first-order valence-electron chi connectivity index (χ1n) is 8.44. The van der Waals surface area contributed by atoms with Crippen molar-refractivity contribution in [2.45, 2.75) is 39.5 Å². The maximum absolute atomic E-state index is 4.66. The molecule has 0 aliphatic carbocycles. The summed E-state index contributed by atoms with van der Waals surface area (Å²) in [5, 5.41) is 11.7. The number of anilines is 3. The molecular formula is C18H25N5. The number of hydrogen-bond donors (Lipinski definition) is 1. The molecule has 5 heteroatoms. The highest BCUT2D eigenvalue weighted by molar-refractivity contribution is 5.61. The molecule has 1 aliphatic heterocycles. The fraction of sp³-hybridized carbons (Fsp3) is 0.500. The molecule has 2 heterocycles. The lowest BCUT2D eigenvalue weighted by atomic mass is 10.00. The maximum atomic E-state index is 4.66. The fourth-order valence-corrected chi connectivity index (χ4v) is 2.95. The van der Waals surface area contributed by atoms with Crippen LogP contribution in [0.3, 0.4) is 0 Å². The predicted molar refractivity (Wildman–Crippen MR) is 94.3 cm³/mol. The quantitative estimate of drug-likeness (QED) is 0.925. The average molecular weight is 311 g/mol. The summed E-state index contributed by atoms with van der Waals surface area (Å²) in [7, 11) is 0. The van der Waals surface area contributed by atoms with E-state index in [1.54, 1.807) is 6.20 Å². The summed E-state index contributed by atoms with van der Waals surface area (Å²) in [6, 6.07) is 8.34. The van der Waals surface area contributed by atoms with Crippen LogP contribution in [0.2, 0.25) is 0 Å². The van der Waals surface area contributed by atoms with Crippen LogP contribution in [0.1, 0.15) is 45.1 Å². The van der Waals surface area contributed by atoms with Crippen molar-refractivity contribution in [2.75, 3.05) is 23.3 Å². The van der Waals surface area contributed by atoms with Crippen molar-refractivity contribution in [3.8, 4) is 0 Å². The van der Waals surface area contributed by atoms with Crippen LogP contribution in [0.25, 0.3) is 0 Å². The van der Waals surface area contributed by atoms with E-state index in [0.717, 1.165) is 36.5 Å². The molecule has 0 bridgehead atoms. The molecule has 0 spiro atoms. The Bertz CT molecular complexity index is 647. The van der Waals surface area contributed by atoms with Crippen LogP contribution in [0.15, 0.2) is 30.5 Å². The minimum Gasteiger partial charge on any atom is -0.339 e. The average Bonchev–Trinajstić information content (AvgIpc) is 2.56. The van der Waals surface area contributed by atoms with Gasteiger partial charge in [0.05, 0.1) is 6.20 Å². The minimum atomic E-state index is 0.455.